The lowest BCUT2D eigenvalue weighted by Gasteiger charge is -2.17. The molecule has 0 aromatic heterocycles. The van der Waals surface area contributed by atoms with Gasteiger partial charge in [0.25, 0.3) is 0 Å². The van der Waals surface area contributed by atoms with Gasteiger partial charge < -0.3 is 0 Å². The first-order valence-electron chi connectivity index (χ1n) is 5.33. The Morgan fingerprint density at radius 3 is 2.20 bits per heavy atom. The van der Waals surface area contributed by atoms with Crippen LogP contribution in [0.25, 0.3) is 0 Å². The first kappa shape index (κ1) is 11.6. The Kier molecular flexibility index (Phi) is 3.86. The van der Waals surface area contributed by atoms with Gasteiger partial charge in [-0.15, -0.1) is 0 Å². The second-order valence-electron chi connectivity index (χ2n) is 4.19. The molecule has 0 aliphatic carbocycles. The summed E-state index contributed by atoms with van der Waals surface area (Å²) in [4.78, 5) is 2.51. The van der Waals surface area contributed by atoms with E-state index in [0.29, 0.717) is 0 Å². The Hall–Kier alpha value is 0.140. The van der Waals surface area contributed by atoms with Crippen molar-refractivity contribution in [2.45, 2.75) is 26.3 Å². The highest BCUT2D eigenvalue weighted by Crippen LogP contribution is 2.29. The van der Waals surface area contributed by atoms with Crippen LogP contribution in [0.1, 0.15) is 24.0 Å². The second kappa shape index (κ2) is 4.98. The maximum absolute atomic E-state index is 3.65. The van der Waals surface area contributed by atoms with E-state index in [1.165, 1.54) is 46.0 Å². The number of halogens is 2. The third-order valence-corrected chi connectivity index (χ3v) is 4.28. The molecule has 0 atom stereocenters. The van der Waals surface area contributed by atoms with E-state index < -0.39 is 0 Å². The van der Waals surface area contributed by atoms with Gasteiger partial charge in [-0.05, 0) is 56.1 Å². The highest BCUT2D eigenvalue weighted by atomic mass is 79.9. The number of rotatable bonds is 2. The lowest BCUT2D eigenvalue weighted by Crippen LogP contribution is -2.19. The van der Waals surface area contributed by atoms with Crippen LogP contribution in [0.5, 0.6) is 0 Å². The molecule has 1 nitrogen and oxygen atoms in total. The molecular weight excluding hydrogens is 318 g/mol. The molecule has 1 aromatic carbocycles. The first-order chi connectivity index (χ1) is 7.16. The Morgan fingerprint density at radius 2 is 1.67 bits per heavy atom. The molecule has 2 rings (SSSR count). The van der Waals surface area contributed by atoms with Crippen molar-refractivity contribution in [3.63, 3.8) is 0 Å². The largest absolute Gasteiger partial charge is 0.299 e. The minimum Gasteiger partial charge on any atom is -0.299 e. The SMILES string of the molecule is Cc1cc(Br)c(CN2CCCC2)c(Br)c1. The highest BCUT2D eigenvalue weighted by molar-refractivity contribution is 9.11. The van der Waals surface area contributed by atoms with Gasteiger partial charge in [-0.3, -0.25) is 4.90 Å². The van der Waals surface area contributed by atoms with E-state index in [0.717, 1.165) is 6.54 Å². The Labute approximate surface area is 108 Å². The van der Waals surface area contributed by atoms with Crippen LogP contribution >= 0.6 is 31.9 Å². The number of benzene rings is 1. The summed E-state index contributed by atoms with van der Waals surface area (Å²) in [5, 5.41) is 0. The molecule has 0 bridgehead atoms. The number of nitrogens with zero attached hydrogens (tertiary/aromatic N) is 1. The number of hydrogen-bond acceptors (Lipinski definition) is 1. The highest BCUT2D eigenvalue weighted by Gasteiger charge is 2.15. The zero-order chi connectivity index (χ0) is 10.8. The van der Waals surface area contributed by atoms with Gasteiger partial charge >= 0.3 is 0 Å². The van der Waals surface area contributed by atoms with Crippen molar-refractivity contribution in [1.82, 2.24) is 4.90 Å². The summed E-state index contributed by atoms with van der Waals surface area (Å²) in [6.45, 7) is 5.66. The zero-order valence-corrected chi connectivity index (χ0v) is 12.1. The van der Waals surface area contributed by atoms with E-state index >= 15 is 0 Å². The second-order valence-corrected chi connectivity index (χ2v) is 5.90. The average molecular weight is 333 g/mol. The van der Waals surface area contributed by atoms with E-state index in [4.69, 9.17) is 0 Å². The Bertz CT molecular complexity index is 334. The fourth-order valence-electron chi connectivity index (χ4n) is 2.05. The number of hydrogen-bond donors (Lipinski definition) is 0. The Balaban J connectivity index is 2.19. The third-order valence-electron chi connectivity index (χ3n) is 2.87. The summed E-state index contributed by atoms with van der Waals surface area (Å²) in [6, 6.07) is 4.38. The summed E-state index contributed by atoms with van der Waals surface area (Å²) < 4.78 is 2.45. The van der Waals surface area contributed by atoms with Crippen molar-refractivity contribution < 1.29 is 0 Å². The molecule has 3 heteroatoms. The molecule has 0 unspecified atom stereocenters. The van der Waals surface area contributed by atoms with Gasteiger partial charge in [-0.1, -0.05) is 31.9 Å². The molecule has 0 amide bonds. The monoisotopic (exact) mass is 331 g/mol. The van der Waals surface area contributed by atoms with Gasteiger partial charge in [-0.2, -0.15) is 0 Å². The van der Waals surface area contributed by atoms with Crippen LogP contribution < -0.4 is 0 Å². The minimum atomic E-state index is 1.06. The van der Waals surface area contributed by atoms with Gasteiger partial charge in [0, 0.05) is 15.5 Å². The maximum Gasteiger partial charge on any atom is 0.0256 e. The molecule has 1 fully saturated rings. The molecular formula is C12H15Br2N. The fourth-order valence-corrected chi connectivity index (χ4v) is 3.71. The quantitative estimate of drug-likeness (QED) is 0.787. The fraction of sp³-hybridized carbons (Fsp3) is 0.500. The van der Waals surface area contributed by atoms with E-state index in [1.54, 1.807) is 0 Å². The van der Waals surface area contributed by atoms with Gasteiger partial charge in [0.05, 0.1) is 0 Å². The summed E-state index contributed by atoms with van der Waals surface area (Å²) in [7, 11) is 0. The minimum absolute atomic E-state index is 1.06. The summed E-state index contributed by atoms with van der Waals surface area (Å²) in [5.41, 5.74) is 2.67. The molecule has 1 aliphatic heterocycles. The lowest BCUT2D eigenvalue weighted by atomic mass is 10.1. The van der Waals surface area contributed by atoms with Gasteiger partial charge in [0.2, 0.25) is 0 Å². The molecule has 1 aliphatic rings. The first-order valence-corrected chi connectivity index (χ1v) is 6.92. The molecule has 1 heterocycles. The van der Waals surface area contributed by atoms with Crippen LogP contribution in [0.3, 0.4) is 0 Å². The van der Waals surface area contributed by atoms with Crippen LogP contribution in [-0.2, 0) is 6.54 Å². The lowest BCUT2D eigenvalue weighted by molar-refractivity contribution is 0.330. The van der Waals surface area contributed by atoms with Crippen LogP contribution in [0.2, 0.25) is 0 Å². The van der Waals surface area contributed by atoms with E-state index in [2.05, 4.69) is 55.8 Å². The predicted molar refractivity (Wildman–Crippen MR) is 71.1 cm³/mol. The standard InChI is InChI=1S/C12H15Br2N/c1-9-6-11(13)10(12(14)7-9)8-15-4-2-3-5-15/h6-7H,2-5,8H2,1H3. The van der Waals surface area contributed by atoms with Crippen molar-refractivity contribution in [3.8, 4) is 0 Å². The summed E-state index contributed by atoms with van der Waals surface area (Å²) >= 11 is 7.30. The van der Waals surface area contributed by atoms with Crippen LogP contribution in [0.4, 0.5) is 0 Å². The molecule has 15 heavy (non-hydrogen) atoms. The molecule has 0 radical (unpaired) electrons. The van der Waals surface area contributed by atoms with E-state index in [9.17, 15) is 0 Å². The van der Waals surface area contributed by atoms with Crippen LogP contribution in [0.15, 0.2) is 21.1 Å². The van der Waals surface area contributed by atoms with Crippen LogP contribution in [-0.4, -0.2) is 18.0 Å². The summed E-state index contributed by atoms with van der Waals surface area (Å²) in [6.07, 6.45) is 2.70. The zero-order valence-electron chi connectivity index (χ0n) is 8.89. The number of likely N-dealkylation sites (tertiary alicyclic amines) is 1. The van der Waals surface area contributed by atoms with Crippen molar-refractivity contribution in [2.75, 3.05) is 13.1 Å². The van der Waals surface area contributed by atoms with Crippen LogP contribution in [0, 0.1) is 6.92 Å². The maximum atomic E-state index is 3.65. The number of aryl methyl sites for hydroxylation is 1. The normalized spacial score (nSPS) is 17.3. The summed E-state index contributed by atoms with van der Waals surface area (Å²) in [5.74, 6) is 0. The molecule has 82 valence electrons. The van der Waals surface area contributed by atoms with E-state index in [-0.39, 0.29) is 0 Å². The van der Waals surface area contributed by atoms with Crippen molar-refractivity contribution >= 4 is 31.9 Å². The smallest absolute Gasteiger partial charge is 0.0256 e. The topological polar surface area (TPSA) is 3.24 Å². The van der Waals surface area contributed by atoms with Crippen molar-refractivity contribution in [1.29, 1.82) is 0 Å². The van der Waals surface area contributed by atoms with Gasteiger partial charge in [0.15, 0.2) is 0 Å². The van der Waals surface area contributed by atoms with Crippen molar-refractivity contribution in [3.05, 3.63) is 32.2 Å². The molecule has 0 spiro atoms. The third kappa shape index (κ3) is 2.83. The van der Waals surface area contributed by atoms with Gasteiger partial charge in [-0.25, -0.2) is 0 Å². The molecule has 1 saturated heterocycles. The predicted octanol–water partition coefficient (Wildman–Crippen LogP) is 4.12. The van der Waals surface area contributed by atoms with Gasteiger partial charge in [0.1, 0.15) is 0 Å². The van der Waals surface area contributed by atoms with Crippen molar-refractivity contribution in [2.24, 2.45) is 0 Å². The average Bonchev–Trinajstić information content (AvgIpc) is 2.63. The van der Waals surface area contributed by atoms with E-state index in [1.807, 2.05) is 0 Å². The molecule has 0 saturated carbocycles. The Morgan fingerprint density at radius 1 is 1.13 bits per heavy atom. The molecule has 1 aromatic rings. The molecule has 0 N–H and O–H groups in total.